The molecule has 0 saturated heterocycles. The zero-order valence-corrected chi connectivity index (χ0v) is 12.8. The molecule has 0 unspecified atom stereocenters. The van der Waals surface area contributed by atoms with E-state index in [-0.39, 0.29) is 0 Å². The molecule has 1 fully saturated rings. The van der Waals surface area contributed by atoms with Crippen LogP contribution in [0.1, 0.15) is 39.0 Å². The topological polar surface area (TPSA) is 50.9 Å². The lowest BCUT2D eigenvalue weighted by Crippen LogP contribution is -2.21. The molecule has 112 valence electrons. The van der Waals surface area contributed by atoms with Gasteiger partial charge in [0, 0.05) is 41.1 Å². The first-order chi connectivity index (χ1) is 10.3. The van der Waals surface area contributed by atoms with Gasteiger partial charge in [-0.15, -0.1) is 0 Å². The highest BCUT2D eigenvalue weighted by atomic mass is 14.9. The highest BCUT2D eigenvalue weighted by Crippen LogP contribution is 2.32. The third-order valence-electron chi connectivity index (χ3n) is 4.98. The highest BCUT2D eigenvalue weighted by molar-refractivity contribution is 6.00. The van der Waals surface area contributed by atoms with Crippen molar-refractivity contribution in [3.63, 3.8) is 0 Å². The van der Waals surface area contributed by atoms with Gasteiger partial charge in [0.15, 0.2) is 0 Å². The van der Waals surface area contributed by atoms with Gasteiger partial charge in [0.05, 0.1) is 0 Å². The summed E-state index contributed by atoms with van der Waals surface area (Å²) >= 11 is 0. The maximum absolute atomic E-state index is 6.03. The van der Waals surface area contributed by atoms with Crippen molar-refractivity contribution in [2.75, 3.05) is 17.6 Å². The maximum atomic E-state index is 6.03. The van der Waals surface area contributed by atoms with E-state index in [4.69, 9.17) is 5.73 Å². The number of nitrogens with zero attached hydrogens (tertiary/aromatic N) is 1. The largest absolute Gasteiger partial charge is 0.398 e. The Morgan fingerprint density at radius 1 is 1.10 bits per heavy atom. The van der Waals surface area contributed by atoms with Crippen molar-refractivity contribution >= 4 is 22.1 Å². The normalized spacial score (nSPS) is 22.3. The molecular formula is C18H25N3. The molecule has 1 heterocycles. The maximum Gasteiger partial charge on any atom is 0.0422 e. The molecule has 1 aliphatic carbocycles. The average Bonchev–Trinajstić information content (AvgIpc) is 2.55. The number of nitrogens with one attached hydrogen (secondary N) is 1. The minimum absolute atomic E-state index is 0.798. The molecule has 3 nitrogen and oxygen atoms in total. The Kier molecular flexibility index (Phi) is 4.28. The molecule has 21 heavy (non-hydrogen) atoms. The van der Waals surface area contributed by atoms with Crippen LogP contribution in [0.5, 0.6) is 0 Å². The first-order valence-electron chi connectivity index (χ1n) is 8.14. The quantitative estimate of drug-likeness (QED) is 0.815. The zero-order chi connectivity index (χ0) is 14.7. The number of aromatic nitrogens is 1. The molecule has 1 aromatic heterocycles. The summed E-state index contributed by atoms with van der Waals surface area (Å²) in [5.41, 5.74) is 8.00. The number of nitrogens with two attached hydrogens (primary N) is 1. The Bertz CT molecular complexity index is 600. The van der Waals surface area contributed by atoms with Crippen molar-refractivity contribution in [2.24, 2.45) is 11.8 Å². The van der Waals surface area contributed by atoms with Crippen LogP contribution in [-0.4, -0.2) is 11.5 Å². The Hall–Kier alpha value is -1.77. The summed E-state index contributed by atoms with van der Waals surface area (Å²) in [6.45, 7) is 3.38. The number of anilines is 2. The minimum Gasteiger partial charge on any atom is -0.398 e. The summed E-state index contributed by atoms with van der Waals surface area (Å²) in [7, 11) is 0. The first-order valence-corrected chi connectivity index (χ1v) is 8.14. The molecule has 0 atom stereocenters. The number of fused-ring (bicyclic) bond motifs is 1. The summed E-state index contributed by atoms with van der Waals surface area (Å²) in [6.07, 6.45) is 10.5. The fourth-order valence-corrected chi connectivity index (χ4v) is 3.46. The van der Waals surface area contributed by atoms with Crippen LogP contribution >= 0.6 is 0 Å². The van der Waals surface area contributed by atoms with Gasteiger partial charge in [0.1, 0.15) is 0 Å². The molecule has 0 aliphatic heterocycles. The Labute approximate surface area is 127 Å². The lowest BCUT2D eigenvalue weighted by atomic mass is 9.81. The molecule has 1 aromatic carbocycles. The summed E-state index contributed by atoms with van der Waals surface area (Å²) in [6, 6.07) is 6.11. The molecule has 0 spiro atoms. The van der Waals surface area contributed by atoms with Crippen LogP contribution in [0.4, 0.5) is 11.4 Å². The first kappa shape index (κ1) is 14.2. The molecule has 1 aliphatic rings. The molecule has 3 heteroatoms. The Balaban J connectivity index is 1.67. The van der Waals surface area contributed by atoms with E-state index in [0.29, 0.717) is 0 Å². The van der Waals surface area contributed by atoms with Crippen molar-refractivity contribution < 1.29 is 0 Å². The molecule has 2 aromatic rings. The third kappa shape index (κ3) is 3.12. The second-order valence-corrected chi connectivity index (χ2v) is 6.30. The number of hydrogen-bond acceptors (Lipinski definition) is 3. The molecule has 3 N–H and O–H groups in total. The van der Waals surface area contributed by atoms with Gasteiger partial charge in [-0.2, -0.15) is 0 Å². The minimum atomic E-state index is 0.798. The predicted octanol–water partition coefficient (Wildman–Crippen LogP) is 4.45. The van der Waals surface area contributed by atoms with Gasteiger partial charge in [-0.3, -0.25) is 4.98 Å². The van der Waals surface area contributed by atoms with Crippen LogP contribution in [0.3, 0.4) is 0 Å². The summed E-state index contributed by atoms with van der Waals surface area (Å²) in [5, 5.41) is 5.85. The van der Waals surface area contributed by atoms with E-state index < -0.39 is 0 Å². The lowest BCUT2D eigenvalue weighted by Gasteiger charge is -2.28. The van der Waals surface area contributed by atoms with Gasteiger partial charge in [-0.25, -0.2) is 0 Å². The van der Waals surface area contributed by atoms with E-state index in [2.05, 4.69) is 23.3 Å². The number of rotatable bonds is 4. The van der Waals surface area contributed by atoms with E-state index in [1.54, 1.807) is 0 Å². The van der Waals surface area contributed by atoms with E-state index in [9.17, 15) is 0 Å². The van der Waals surface area contributed by atoms with Gasteiger partial charge in [0.2, 0.25) is 0 Å². The average molecular weight is 283 g/mol. The van der Waals surface area contributed by atoms with E-state index >= 15 is 0 Å². The second kappa shape index (κ2) is 6.33. The molecule has 0 bridgehead atoms. The van der Waals surface area contributed by atoms with Gasteiger partial charge in [0.25, 0.3) is 0 Å². The third-order valence-corrected chi connectivity index (χ3v) is 4.98. The van der Waals surface area contributed by atoms with Crippen molar-refractivity contribution in [1.82, 2.24) is 4.98 Å². The SMILES string of the molecule is CCC1CCC(CNc2ccc(N)c3cnccc23)CC1. The van der Waals surface area contributed by atoms with E-state index in [1.165, 1.54) is 43.2 Å². The monoisotopic (exact) mass is 283 g/mol. The Morgan fingerprint density at radius 3 is 2.62 bits per heavy atom. The smallest absolute Gasteiger partial charge is 0.0422 e. The lowest BCUT2D eigenvalue weighted by molar-refractivity contribution is 0.278. The highest BCUT2D eigenvalue weighted by Gasteiger charge is 2.19. The standard InChI is InChI=1S/C18H25N3/c1-2-13-3-5-14(6-4-13)11-21-18-8-7-17(19)16-12-20-10-9-15(16)18/h7-10,12-14,21H,2-6,11,19H2,1H3. The molecule has 0 radical (unpaired) electrons. The van der Waals surface area contributed by atoms with Crippen LogP contribution in [0.25, 0.3) is 10.8 Å². The van der Waals surface area contributed by atoms with E-state index in [0.717, 1.165) is 29.5 Å². The number of pyridine rings is 1. The summed E-state index contributed by atoms with van der Waals surface area (Å²) in [5.74, 6) is 1.77. The summed E-state index contributed by atoms with van der Waals surface area (Å²) < 4.78 is 0. The Morgan fingerprint density at radius 2 is 1.86 bits per heavy atom. The van der Waals surface area contributed by atoms with Gasteiger partial charge < -0.3 is 11.1 Å². The van der Waals surface area contributed by atoms with Crippen molar-refractivity contribution in [1.29, 1.82) is 0 Å². The van der Waals surface area contributed by atoms with Gasteiger partial charge in [-0.05, 0) is 42.9 Å². The van der Waals surface area contributed by atoms with E-state index in [1.807, 2.05) is 24.5 Å². The van der Waals surface area contributed by atoms with Crippen LogP contribution in [-0.2, 0) is 0 Å². The second-order valence-electron chi connectivity index (χ2n) is 6.30. The molecule has 0 amide bonds. The van der Waals surface area contributed by atoms with Crippen LogP contribution < -0.4 is 11.1 Å². The van der Waals surface area contributed by atoms with Gasteiger partial charge in [-0.1, -0.05) is 26.2 Å². The number of benzene rings is 1. The van der Waals surface area contributed by atoms with Crippen LogP contribution in [0.15, 0.2) is 30.6 Å². The fraction of sp³-hybridized carbons (Fsp3) is 0.500. The zero-order valence-electron chi connectivity index (χ0n) is 12.8. The number of nitrogen functional groups attached to an aromatic ring is 1. The molecule has 3 rings (SSSR count). The number of hydrogen-bond donors (Lipinski definition) is 2. The van der Waals surface area contributed by atoms with Gasteiger partial charge >= 0.3 is 0 Å². The van der Waals surface area contributed by atoms with Crippen molar-refractivity contribution in [2.45, 2.75) is 39.0 Å². The van der Waals surface area contributed by atoms with Crippen molar-refractivity contribution in [3.8, 4) is 0 Å². The predicted molar refractivity (Wildman–Crippen MR) is 90.4 cm³/mol. The molecular weight excluding hydrogens is 258 g/mol. The fourth-order valence-electron chi connectivity index (χ4n) is 3.46. The van der Waals surface area contributed by atoms with Crippen LogP contribution in [0.2, 0.25) is 0 Å². The summed E-state index contributed by atoms with van der Waals surface area (Å²) in [4.78, 5) is 4.17. The van der Waals surface area contributed by atoms with Crippen molar-refractivity contribution in [3.05, 3.63) is 30.6 Å². The molecule has 1 saturated carbocycles. The van der Waals surface area contributed by atoms with Crippen LogP contribution in [0, 0.1) is 11.8 Å².